The van der Waals surface area contributed by atoms with Gasteiger partial charge in [0.25, 0.3) is 0 Å². The van der Waals surface area contributed by atoms with Gasteiger partial charge in [0.2, 0.25) is 5.78 Å². The third-order valence-corrected chi connectivity index (χ3v) is 4.70. The van der Waals surface area contributed by atoms with Crippen LogP contribution in [-0.4, -0.2) is 23.0 Å². The van der Waals surface area contributed by atoms with Crippen LogP contribution >= 0.6 is 11.3 Å². The molecular formula is C20H26FNO2S. The Balaban J connectivity index is 1.75. The van der Waals surface area contributed by atoms with Crippen LogP contribution in [0, 0.1) is 5.92 Å². The summed E-state index contributed by atoms with van der Waals surface area (Å²) >= 11 is 1.18. The lowest BCUT2D eigenvalue weighted by Gasteiger charge is -2.16. The van der Waals surface area contributed by atoms with E-state index in [1.54, 1.807) is 5.38 Å². The number of ketones is 1. The van der Waals surface area contributed by atoms with Crippen molar-refractivity contribution >= 4 is 17.1 Å². The standard InChI is InChI=1S/C20H26FNO2S/c1-14(2)13-15(3)24-17-9-7-16(8-10-17)5-4-6-18(21)19(23)20-22-11-12-25-20/h7-12,14-15,18H,4-6,13H2,1-3H3. The maximum absolute atomic E-state index is 14.0. The summed E-state index contributed by atoms with van der Waals surface area (Å²) in [5, 5.41) is 1.94. The van der Waals surface area contributed by atoms with Gasteiger partial charge in [0, 0.05) is 11.6 Å². The number of carbonyl (C=O) groups is 1. The van der Waals surface area contributed by atoms with E-state index in [2.05, 4.69) is 25.8 Å². The molecule has 2 atom stereocenters. The first kappa shape index (κ1) is 19.6. The zero-order valence-corrected chi connectivity index (χ0v) is 15.9. The molecule has 0 fully saturated rings. The van der Waals surface area contributed by atoms with Crippen LogP contribution in [0.5, 0.6) is 5.75 Å². The average Bonchev–Trinajstić information content (AvgIpc) is 3.09. The van der Waals surface area contributed by atoms with Crippen LogP contribution in [0.15, 0.2) is 35.8 Å². The van der Waals surface area contributed by atoms with Crippen molar-refractivity contribution < 1.29 is 13.9 Å². The van der Waals surface area contributed by atoms with E-state index in [0.29, 0.717) is 12.3 Å². The minimum Gasteiger partial charge on any atom is -0.491 e. The van der Waals surface area contributed by atoms with Gasteiger partial charge in [-0.1, -0.05) is 26.0 Å². The molecule has 25 heavy (non-hydrogen) atoms. The molecule has 1 heterocycles. The van der Waals surface area contributed by atoms with Gasteiger partial charge in [-0.2, -0.15) is 0 Å². The molecule has 0 bridgehead atoms. The number of benzene rings is 1. The fourth-order valence-electron chi connectivity index (χ4n) is 2.77. The Bertz CT molecular complexity index is 640. The lowest BCUT2D eigenvalue weighted by molar-refractivity contribution is 0.0867. The van der Waals surface area contributed by atoms with E-state index in [1.807, 2.05) is 24.3 Å². The highest BCUT2D eigenvalue weighted by molar-refractivity contribution is 7.11. The van der Waals surface area contributed by atoms with Gasteiger partial charge in [-0.15, -0.1) is 11.3 Å². The van der Waals surface area contributed by atoms with Crippen LogP contribution < -0.4 is 4.74 Å². The van der Waals surface area contributed by atoms with Gasteiger partial charge < -0.3 is 4.74 Å². The molecule has 0 aliphatic carbocycles. The van der Waals surface area contributed by atoms with Crippen LogP contribution in [-0.2, 0) is 6.42 Å². The van der Waals surface area contributed by atoms with E-state index in [0.717, 1.165) is 24.2 Å². The van der Waals surface area contributed by atoms with Crippen LogP contribution in [0.2, 0.25) is 0 Å². The monoisotopic (exact) mass is 363 g/mol. The summed E-state index contributed by atoms with van der Waals surface area (Å²) in [5.74, 6) is 0.965. The van der Waals surface area contributed by atoms with Gasteiger partial charge in [-0.05, 0) is 56.2 Å². The maximum atomic E-state index is 14.0. The van der Waals surface area contributed by atoms with Crippen molar-refractivity contribution in [3.63, 3.8) is 0 Å². The van der Waals surface area contributed by atoms with Gasteiger partial charge in [0.1, 0.15) is 5.75 Å². The molecule has 1 aromatic carbocycles. The molecule has 0 radical (unpaired) electrons. The SMILES string of the molecule is CC(C)CC(C)Oc1ccc(CCCC(F)C(=O)c2nccs2)cc1. The molecule has 0 amide bonds. The van der Waals surface area contributed by atoms with E-state index >= 15 is 0 Å². The fraction of sp³-hybridized carbons (Fsp3) is 0.500. The Morgan fingerprint density at radius 1 is 1.24 bits per heavy atom. The number of hydrogen-bond acceptors (Lipinski definition) is 4. The molecule has 2 rings (SSSR count). The molecule has 0 saturated carbocycles. The minimum atomic E-state index is -1.47. The third kappa shape index (κ3) is 6.58. The number of ether oxygens (including phenoxy) is 1. The second-order valence-corrected chi connectivity index (χ2v) is 7.66. The third-order valence-electron chi connectivity index (χ3n) is 3.91. The maximum Gasteiger partial charge on any atom is 0.225 e. The highest BCUT2D eigenvalue weighted by Gasteiger charge is 2.20. The lowest BCUT2D eigenvalue weighted by Crippen LogP contribution is -2.15. The topological polar surface area (TPSA) is 39.2 Å². The van der Waals surface area contributed by atoms with Crippen molar-refractivity contribution in [3.8, 4) is 5.75 Å². The van der Waals surface area contributed by atoms with Crippen molar-refractivity contribution in [1.82, 2.24) is 4.98 Å². The van der Waals surface area contributed by atoms with E-state index in [1.165, 1.54) is 17.5 Å². The van der Waals surface area contributed by atoms with Crippen molar-refractivity contribution in [3.05, 3.63) is 46.4 Å². The van der Waals surface area contributed by atoms with E-state index in [-0.39, 0.29) is 17.5 Å². The summed E-state index contributed by atoms with van der Waals surface area (Å²) in [6.45, 7) is 6.44. The molecule has 1 aromatic heterocycles. The van der Waals surface area contributed by atoms with Crippen molar-refractivity contribution in [2.45, 2.75) is 58.7 Å². The Kier molecular flexibility index (Phi) is 7.56. The van der Waals surface area contributed by atoms with Gasteiger partial charge >= 0.3 is 0 Å². The van der Waals surface area contributed by atoms with Crippen LogP contribution in [0.4, 0.5) is 4.39 Å². The first-order valence-electron chi connectivity index (χ1n) is 8.79. The molecule has 0 spiro atoms. The number of Topliss-reactive ketones (excluding diaryl/α,β-unsaturated/α-hetero) is 1. The number of carbonyl (C=O) groups excluding carboxylic acids is 1. The number of thiazole rings is 1. The number of alkyl halides is 1. The average molecular weight is 363 g/mol. The molecule has 0 aliphatic rings. The number of halogens is 1. The van der Waals surface area contributed by atoms with Crippen molar-refractivity contribution in [1.29, 1.82) is 0 Å². The van der Waals surface area contributed by atoms with Crippen molar-refractivity contribution in [2.75, 3.05) is 0 Å². The molecule has 5 heteroatoms. The van der Waals surface area contributed by atoms with E-state index in [9.17, 15) is 9.18 Å². The van der Waals surface area contributed by atoms with Gasteiger partial charge in [0.05, 0.1) is 6.10 Å². The smallest absolute Gasteiger partial charge is 0.225 e. The van der Waals surface area contributed by atoms with Crippen LogP contribution in [0.25, 0.3) is 0 Å². The summed E-state index contributed by atoms with van der Waals surface area (Å²) in [6.07, 6.45) is 2.86. The Morgan fingerprint density at radius 2 is 1.96 bits per heavy atom. The first-order valence-corrected chi connectivity index (χ1v) is 9.67. The Hall–Kier alpha value is -1.75. The van der Waals surface area contributed by atoms with Gasteiger partial charge in [0.15, 0.2) is 11.2 Å². The highest BCUT2D eigenvalue weighted by atomic mass is 32.1. The molecule has 0 N–H and O–H groups in total. The molecular weight excluding hydrogens is 337 g/mol. The second-order valence-electron chi connectivity index (χ2n) is 6.76. The fourth-order valence-corrected chi connectivity index (χ4v) is 3.39. The summed E-state index contributed by atoms with van der Waals surface area (Å²) in [6, 6.07) is 7.93. The highest BCUT2D eigenvalue weighted by Crippen LogP contribution is 2.19. The summed E-state index contributed by atoms with van der Waals surface area (Å²) in [5.41, 5.74) is 1.12. The van der Waals surface area contributed by atoms with Crippen LogP contribution in [0.3, 0.4) is 0 Å². The summed E-state index contributed by atoms with van der Waals surface area (Å²) in [7, 11) is 0. The lowest BCUT2D eigenvalue weighted by atomic mass is 10.0. The number of rotatable bonds is 10. The van der Waals surface area contributed by atoms with Crippen LogP contribution in [0.1, 0.15) is 55.4 Å². The predicted octanol–water partition coefficient (Wildman–Crippen LogP) is 5.50. The molecule has 0 saturated heterocycles. The molecule has 0 aliphatic heterocycles. The Labute approximate surface area is 153 Å². The number of hydrogen-bond donors (Lipinski definition) is 0. The van der Waals surface area contributed by atoms with Gasteiger partial charge in [-0.25, -0.2) is 9.37 Å². The molecule has 136 valence electrons. The number of nitrogens with zero attached hydrogens (tertiary/aromatic N) is 1. The molecule has 2 unspecified atom stereocenters. The second kappa shape index (κ2) is 9.66. The number of aromatic nitrogens is 1. The molecule has 2 aromatic rings. The zero-order chi connectivity index (χ0) is 18.2. The number of aryl methyl sites for hydroxylation is 1. The van der Waals surface area contributed by atoms with Gasteiger partial charge in [-0.3, -0.25) is 4.79 Å². The predicted molar refractivity (Wildman–Crippen MR) is 100 cm³/mol. The van der Waals surface area contributed by atoms with E-state index < -0.39 is 12.0 Å². The zero-order valence-electron chi connectivity index (χ0n) is 15.1. The summed E-state index contributed by atoms with van der Waals surface area (Å²) in [4.78, 5) is 15.7. The summed E-state index contributed by atoms with van der Waals surface area (Å²) < 4.78 is 19.9. The minimum absolute atomic E-state index is 0.190. The van der Waals surface area contributed by atoms with E-state index in [4.69, 9.17) is 4.74 Å². The largest absolute Gasteiger partial charge is 0.491 e. The quantitative estimate of drug-likeness (QED) is 0.523. The Morgan fingerprint density at radius 3 is 2.56 bits per heavy atom. The van der Waals surface area contributed by atoms with Crippen molar-refractivity contribution in [2.24, 2.45) is 5.92 Å². The normalized spacial score (nSPS) is 13.6. The first-order chi connectivity index (χ1) is 12.0. The molecule has 3 nitrogen and oxygen atoms in total.